The van der Waals surface area contributed by atoms with Crippen LogP contribution in [0.25, 0.3) is 0 Å². The van der Waals surface area contributed by atoms with E-state index in [2.05, 4.69) is 10.1 Å². The van der Waals surface area contributed by atoms with Crippen LogP contribution in [-0.4, -0.2) is 32.8 Å². The molecule has 0 spiro atoms. The Balaban J connectivity index is 1.78. The molecule has 1 aliphatic heterocycles. The van der Waals surface area contributed by atoms with Crippen molar-refractivity contribution in [3.8, 4) is 0 Å². The molecule has 1 fully saturated rings. The van der Waals surface area contributed by atoms with Gasteiger partial charge in [-0.1, -0.05) is 6.07 Å². The number of esters is 1. The molecular weight excluding hydrogens is 261 g/mol. The maximum absolute atomic E-state index is 13.7. The Morgan fingerprint density at radius 3 is 3.05 bits per heavy atom. The lowest BCUT2D eigenvalue weighted by atomic mass is 10.1. The predicted molar refractivity (Wildman–Crippen MR) is 73.0 cm³/mol. The molecule has 110 valence electrons. The van der Waals surface area contributed by atoms with E-state index in [1.54, 1.807) is 6.07 Å². The molecule has 0 aliphatic carbocycles. The fourth-order valence-electron chi connectivity index (χ4n) is 2.29. The molecule has 1 N–H and O–H groups in total. The lowest BCUT2D eigenvalue weighted by Gasteiger charge is -2.09. The fraction of sp³-hybridized carbons (Fsp3) is 0.533. The smallest absolute Gasteiger partial charge is 0.340 e. The number of hydrogen-bond acceptors (Lipinski definition) is 4. The summed E-state index contributed by atoms with van der Waals surface area (Å²) in [5, 5.41) is 3.28. The van der Waals surface area contributed by atoms with Crippen LogP contribution in [0, 0.1) is 11.7 Å². The van der Waals surface area contributed by atoms with E-state index in [4.69, 9.17) is 4.74 Å². The number of methoxy groups -OCH3 is 1. The number of ether oxygens (including phenoxy) is 2. The van der Waals surface area contributed by atoms with Crippen LogP contribution in [0.2, 0.25) is 0 Å². The van der Waals surface area contributed by atoms with Crippen molar-refractivity contribution in [2.24, 2.45) is 5.92 Å². The van der Waals surface area contributed by atoms with Crippen LogP contribution in [0.5, 0.6) is 0 Å². The van der Waals surface area contributed by atoms with Crippen molar-refractivity contribution in [2.45, 2.75) is 19.4 Å². The van der Waals surface area contributed by atoms with Crippen molar-refractivity contribution in [1.29, 1.82) is 0 Å². The maximum atomic E-state index is 13.7. The van der Waals surface area contributed by atoms with Crippen LogP contribution in [0.1, 0.15) is 28.8 Å². The summed E-state index contributed by atoms with van der Waals surface area (Å²) in [7, 11) is 1.24. The highest BCUT2D eigenvalue weighted by Gasteiger charge is 2.15. The van der Waals surface area contributed by atoms with Crippen molar-refractivity contribution in [2.75, 3.05) is 26.9 Å². The van der Waals surface area contributed by atoms with E-state index in [0.29, 0.717) is 12.5 Å². The minimum atomic E-state index is -0.650. The molecule has 0 radical (unpaired) electrons. The normalized spacial score (nSPS) is 18.2. The van der Waals surface area contributed by atoms with E-state index in [9.17, 15) is 9.18 Å². The van der Waals surface area contributed by atoms with Crippen LogP contribution in [0.15, 0.2) is 18.2 Å². The summed E-state index contributed by atoms with van der Waals surface area (Å²) < 4.78 is 23.5. The quantitative estimate of drug-likeness (QED) is 0.641. The summed E-state index contributed by atoms with van der Waals surface area (Å²) in [6.45, 7) is 3.19. The van der Waals surface area contributed by atoms with Gasteiger partial charge in [-0.2, -0.15) is 0 Å². The minimum Gasteiger partial charge on any atom is -0.465 e. The molecule has 4 nitrogen and oxygen atoms in total. The van der Waals surface area contributed by atoms with Crippen molar-refractivity contribution in [1.82, 2.24) is 5.32 Å². The number of carbonyl (C=O) groups excluding carboxylic acids is 1. The summed E-state index contributed by atoms with van der Waals surface area (Å²) in [6.07, 6.45) is 2.20. The van der Waals surface area contributed by atoms with E-state index in [0.717, 1.165) is 38.2 Å². The van der Waals surface area contributed by atoms with Gasteiger partial charge in [0, 0.05) is 19.8 Å². The number of hydrogen-bond donors (Lipinski definition) is 1. The summed E-state index contributed by atoms with van der Waals surface area (Å²) in [5.74, 6) is -0.551. The lowest BCUT2D eigenvalue weighted by Crippen LogP contribution is -2.18. The van der Waals surface area contributed by atoms with E-state index < -0.39 is 11.8 Å². The minimum absolute atomic E-state index is 0.0284. The summed E-state index contributed by atoms with van der Waals surface area (Å²) >= 11 is 0. The first kappa shape index (κ1) is 14.9. The highest BCUT2D eigenvalue weighted by Crippen LogP contribution is 2.15. The zero-order valence-electron chi connectivity index (χ0n) is 11.7. The maximum Gasteiger partial charge on any atom is 0.340 e. The van der Waals surface area contributed by atoms with Crippen LogP contribution in [0.4, 0.5) is 4.39 Å². The van der Waals surface area contributed by atoms with Gasteiger partial charge >= 0.3 is 5.97 Å². The molecule has 1 aromatic carbocycles. The molecule has 2 rings (SSSR count). The molecule has 1 saturated heterocycles. The van der Waals surface area contributed by atoms with Crippen molar-refractivity contribution < 1.29 is 18.7 Å². The summed E-state index contributed by atoms with van der Waals surface area (Å²) in [4.78, 5) is 11.3. The molecule has 1 heterocycles. The molecule has 1 unspecified atom stereocenters. The molecule has 5 heteroatoms. The molecule has 1 aliphatic rings. The van der Waals surface area contributed by atoms with E-state index in [1.807, 2.05) is 0 Å². The topological polar surface area (TPSA) is 47.6 Å². The molecule has 0 bridgehead atoms. The average molecular weight is 281 g/mol. The third-order valence-corrected chi connectivity index (χ3v) is 3.52. The zero-order valence-corrected chi connectivity index (χ0v) is 11.7. The van der Waals surface area contributed by atoms with Gasteiger partial charge in [-0.15, -0.1) is 0 Å². The number of carbonyl (C=O) groups is 1. The highest BCUT2D eigenvalue weighted by atomic mass is 19.1. The fourth-order valence-corrected chi connectivity index (χ4v) is 2.29. The predicted octanol–water partition coefficient (Wildman–Crippen LogP) is 2.13. The molecule has 1 atom stereocenters. The van der Waals surface area contributed by atoms with Crippen molar-refractivity contribution in [3.05, 3.63) is 35.1 Å². The van der Waals surface area contributed by atoms with E-state index >= 15 is 0 Å². The second kappa shape index (κ2) is 7.36. The van der Waals surface area contributed by atoms with Gasteiger partial charge in [0.2, 0.25) is 0 Å². The van der Waals surface area contributed by atoms with Crippen LogP contribution in [0.3, 0.4) is 0 Å². The lowest BCUT2D eigenvalue weighted by molar-refractivity contribution is 0.0595. The zero-order chi connectivity index (χ0) is 14.4. The Bertz CT molecular complexity index is 458. The second-order valence-electron chi connectivity index (χ2n) is 5.00. The molecule has 20 heavy (non-hydrogen) atoms. The molecule has 1 aromatic rings. The first-order valence-corrected chi connectivity index (χ1v) is 6.86. The molecule has 0 amide bonds. The second-order valence-corrected chi connectivity index (χ2v) is 5.00. The first-order valence-electron chi connectivity index (χ1n) is 6.86. The van der Waals surface area contributed by atoms with Gasteiger partial charge in [-0.05, 0) is 43.0 Å². The van der Waals surface area contributed by atoms with Crippen molar-refractivity contribution >= 4 is 5.97 Å². The van der Waals surface area contributed by atoms with Gasteiger partial charge < -0.3 is 14.8 Å². The molecule has 0 aromatic heterocycles. The van der Waals surface area contributed by atoms with Gasteiger partial charge in [0.15, 0.2) is 0 Å². The standard InChI is InChI=1S/C15H20FNO3/c1-19-15(18)13-3-2-12(8-14(13)16)9-17-6-4-11-5-7-20-10-11/h2-3,8,11,17H,4-7,9-10H2,1H3. The van der Waals surface area contributed by atoms with Crippen LogP contribution >= 0.6 is 0 Å². The number of halogens is 1. The van der Waals surface area contributed by atoms with Crippen molar-refractivity contribution in [3.63, 3.8) is 0 Å². The number of nitrogens with one attached hydrogen (secondary N) is 1. The van der Waals surface area contributed by atoms with E-state index in [-0.39, 0.29) is 5.56 Å². The third kappa shape index (κ3) is 4.02. The Morgan fingerprint density at radius 2 is 2.40 bits per heavy atom. The van der Waals surface area contributed by atoms with Gasteiger partial charge in [-0.25, -0.2) is 9.18 Å². The number of rotatable bonds is 6. The first-order chi connectivity index (χ1) is 9.70. The van der Waals surface area contributed by atoms with Crippen LogP contribution in [-0.2, 0) is 16.0 Å². The monoisotopic (exact) mass is 281 g/mol. The summed E-state index contributed by atoms with van der Waals surface area (Å²) in [6, 6.07) is 4.57. The average Bonchev–Trinajstić information content (AvgIpc) is 2.96. The SMILES string of the molecule is COC(=O)c1ccc(CNCCC2CCOC2)cc1F. The van der Waals surface area contributed by atoms with Crippen LogP contribution < -0.4 is 5.32 Å². The van der Waals surface area contributed by atoms with Gasteiger partial charge in [0.25, 0.3) is 0 Å². The van der Waals surface area contributed by atoms with Gasteiger partial charge in [0.1, 0.15) is 5.82 Å². The van der Waals surface area contributed by atoms with E-state index in [1.165, 1.54) is 19.2 Å². The Morgan fingerprint density at radius 1 is 1.55 bits per heavy atom. The molecular formula is C15H20FNO3. The van der Waals surface area contributed by atoms with Gasteiger partial charge in [-0.3, -0.25) is 0 Å². The number of benzene rings is 1. The highest BCUT2D eigenvalue weighted by molar-refractivity contribution is 5.89. The third-order valence-electron chi connectivity index (χ3n) is 3.52. The Kier molecular flexibility index (Phi) is 5.49. The summed E-state index contributed by atoms with van der Waals surface area (Å²) in [5.41, 5.74) is 0.789. The Hall–Kier alpha value is -1.46. The Labute approximate surface area is 118 Å². The van der Waals surface area contributed by atoms with Gasteiger partial charge in [0.05, 0.1) is 12.7 Å². The largest absolute Gasteiger partial charge is 0.465 e. The molecule has 0 saturated carbocycles.